The summed E-state index contributed by atoms with van der Waals surface area (Å²) < 4.78 is 0. The molecule has 0 unspecified atom stereocenters. The van der Waals surface area contributed by atoms with Crippen LogP contribution in [0.1, 0.15) is 21.5 Å². The number of hydrogen-bond acceptors (Lipinski definition) is 3. The Labute approximate surface area is 154 Å². The highest BCUT2D eigenvalue weighted by Gasteiger charge is 2.12. The zero-order valence-electron chi connectivity index (χ0n) is 13.1. The number of aromatic nitrogens is 1. The molecule has 1 amide bonds. The fraction of sp³-hybridized carbons (Fsp3) is 0.111. The van der Waals surface area contributed by atoms with E-state index in [4.69, 9.17) is 23.2 Å². The van der Waals surface area contributed by atoms with Gasteiger partial charge in [0, 0.05) is 16.5 Å². The molecule has 0 aliphatic heterocycles. The van der Waals surface area contributed by atoms with Crippen LogP contribution in [-0.2, 0) is 0 Å². The second kappa shape index (κ2) is 6.93. The summed E-state index contributed by atoms with van der Waals surface area (Å²) in [5.74, 6) is -0.269. The molecule has 0 saturated heterocycles. The van der Waals surface area contributed by atoms with E-state index in [0.717, 1.165) is 11.3 Å². The van der Waals surface area contributed by atoms with E-state index in [1.165, 1.54) is 28.5 Å². The largest absolute Gasteiger partial charge is 0.298 e. The lowest BCUT2D eigenvalue weighted by Gasteiger charge is -2.04. The Bertz CT molecular complexity index is 921. The van der Waals surface area contributed by atoms with Crippen molar-refractivity contribution in [2.45, 2.75) is 13.8 Å². The van der Waals surface area contributed by atoms with E-state index < -0.39 is 0 Å². The molecule has 0 radical (unpaired) electrons. The van der Waals surface area contributed by atoms with Gasteiger partial charge in [-0.2, -0.15) is 0 Å². The van der Waals surface area contributed by atoms with Gasteiger partial charge >= 0.3 is 0 Å². The highest BCUT2D eigenvalue weighted by Crippen LogP contribution is 2.27. The third kappa shape index (κ3) is 3.61. The lowest BCUT2D eigenvalue weighted by molar-refractivity contribution is 0.102. The molecule has 24 heavy (non-hydrogen) atoms. The minimum absolute atomic E-state index is 0.269. The van der Waals surface area contributed by atoms with E-state index in [2.05, 4.69) is 36.3 Å². The van der Waals surface area contributed by atoms with Crippen LogP contribution < -0.4 is 5.32 Å². The summed E-state index contributed by atoms with van der Waals surface area (Å²) >= 11 is 13.2. The van der Waals surface area contributed by atoms with Crippen molar-refractivity contribution in [2.75, 3.05) is 5.32 Å². The van der Waals surface area contributed by atoms with Gasteiger partial charge in [0.05, 0.1) is 15.7 Å². The molecule has 6 heteroatoms. The molecule has 0 aliphatic carbocycles. The van der Waals surface area contributed by atoms with Gasteiger partial charge in [-0.15, -0.1) is 11.3 Å². The first-order valence-corrected chi connectivity index (χ1v) is 8.87. The van der Waals surface area contributed by atoms with Gasteiger partial charge in [-0.25, -0.2) is 4.98 Å². The number of anilines is 1. The quantitative estimate of drug-likeness (QED) is 0.610. The molecule has 1 heterocycles. The molecule has 0 atom stereocenters. The fourth-order valence-electron chi connectivity index (χ4n) is 2.17. The van der Waals surface area contributed by atoms with Crippen LogP contribution in [0.4, 0.5) is 5.13 Å². The van der Waals surface area contributed by atoms with Crippen LogP contribution >= 0.6 is 34.5 Å². The number of benzene rings is 2. The Hall–Kier alpha value is -1.88. The number of nitrogens with one attached hydrogen (secondary N) is 1. The lowest BCUT2D eigenvalue weighted by atomic mass is 10.1. The van der Waals surface area contributed by atoms with Crippen LogP contribution in [0.15, 0.2) is 41.8 Å². The van der Waals surface area contributed by atoms with Crippen LogP contribution in [0.5, 0.6) is 0 Å². The van der Waals surface area contributed by atoms with Gasteiger partial charge in [0.15, 0.2) is 5.13 Å². The number of amides is 1. The molecule has 122 valence electrons. The monoisotopic (exact) mass is 376 g/mol. The molecule has 0 aliphatic rings. The molecule has 2 aromatic carbocycles. The highest BCUT2D eigenvalue weighted by atomic mass is 35.5. The summed E-state index contributed by atoms with van der Waals surface area (Å²) in [5, 5.41) is 6.02. The van der Waals surface area contributed by atoms with E-state index in [0.29, 0.717) is 20.7 Å². The maximum absolute atomic E-state index is 12.3. The molecule has 1 N–H and O–H groups in total. The molecule has 3 nitrogen and oxygen atoms in total. The Balaban J connectivity index is 1.79. The Kier molecular flexibility index (Phi) is 4.90. The second-order valence-electron chi connectivity index (χ2n) is 5.42. The molecule has 0 saturated carbocycles. The van der Waals surface area contributed by atoms with Crippen molar-refractivity contribution in [3.8, 4) is 11.3 Å². The molecule has 1 aromatic heterocycles. The Morgan fingerprint density at radius 3 is 2.54 bits per heavy atom. The van der Waals surface area contributed by atoms with E-state index in [9.17, 15) is 4.79 Å². The zero-order valence-corrected chi connectivity index (χ0v) is 15.4. The van der Waals surface area contributed by atoms with Gasteiger partial charge in [0.25, 0.3) is 5.91 Å². The molecular weight excluding hydrogens is 363 g/mol. The maximum atomic E-state index is 12.3. The molecule has 3 aromatic rings. The summed E-state index contributed by atoms with van der Waals surface area (Å²) in [6.07, 6.45) is 0. The average molecular weight is 377 g/mol. The summed E-state index contributed by atoms with van der Waals surface area (Å²) in [4.78, 5) is 16.8. The number of nitrogens with zero attached hydrogens (tertiary/aromatic N) is 1. The van der Waals surface area contributed by atoms with Crippen molar-refractivity contribution in [2.24, 2.45) is 0 Å². The molecule has 3 rings (SSSR count). The highest BCUT2D eigenvalue weighted by molar-refractivity contribution is 7.14. The standard InChI is InChI=1S/C18H14Cl2N2OS/c1-10-3-4-12(7-11(10)2)16-9-24-18(21-16)22-17(23)13-5-6-14(19)15(20)8-13/h3-9H,1-2H3,(H,21,22,23). The minimum atomic E-state index is -0.269. The third-order valence-corrected chi connectivity index (χ3v) is 5.21. The van der Waals surface area contributed by atoms with Crippen molar-refractivity contribution >= 4 is 45.6 Å². The first kappa shape index (κ1) is 17.0. The molecule has 0 bridgehead atoms. The Morgan fingerprint density at radius 1 is 1.04 bits per heavy atom. The van der Waals surface area contributed by atoms with Crippen LogP contribution in [0.3, 0.4) is 0 Å². The van der Waals surface area contributed by atoms with Crippen molar-refractivity contribution < 1.29 is 4.79 Å². The van der Waals surface area contributed by atoms with Gasteiger partial charge in [0.2, 0.25) is 0 Å². The van der Waals surface area contributed by atoms with Crippen LogP contribution in [0.2, 0.25) is 10.0 Å². The fourth-order valence-corrected chi connectivity index (χ4v) is 3.18. The Morgan fingerprint density at radius 2 is 1.83 bits per heavy atom. The maximum Gasteiger partial charge on any atom is 0.257 e. The molecule has 0 fully saturated rings. The summed E-state index contributed by atoms with van der Waals surface area (Å²) in [7, 11) is 0. The third-order valence-electron chi connectivity index (χ3n) is 3.71. The number of carbonyl (C=O) groups excluding carboxylic acids is 1. The molecule has 0 spiro atoms. The first-order valence-electron chi connectivity index (χ1n) is 7.23. The van der Waals surface area contributed by atoms with Gasteiger partial charge < -0.3 is 0 Å². The van der Waals surface area contributed by atoms with Crippen LogP contribution in [0, 0.1) is 13.8 Å². The normalized spacial score (nSPS) is 10.7. The van der Waals surface area contributed by atoms with Crippen molar-refractivity contribution in [3.05, 3.63) is 68.5 Å². The predicted octanol–water partition coefficient (Wildman–Crippen LogP) is 5.99. The van der Waals surface area contributed by atoms with Crippen molar-refractivity contribution in [1.82, 2.24) is 4.98 Å². The average Bonchev–Trinajstić information content (AvgIpc) is 3.01. The number of hydrogen-bond donors (Lipinski definition) is 1. The second-order valence-corrected chi connectivity index (χ2v) is 7.09. The van der Waals surface area contributed by atoms with Crippen molar-refractivity contribution in [3.63, 3.8) is 0 Å². The van der Waals surface area contributed by atoms with E-state index in [1.54, 1.807) is 12.1 Å². The van der Waals surface area contributed by atoms with Crippen LogP contribution in [0.25, 0.3) is 11.3 Å². The van der Waals surface area contributed by atoms with Crippen LogP contribution in [-0.4, -0.2) is 10.9 Å². The smallest absolute Gasteiger partial charge is 0.257 e. The number of aryl methyl sites for hydroxylation is 2. The topological polar surface area (TPSA) is 42.0 Å². The van der Waals surface area contributed by atoms with Crippen molar-refractivity contribution in [1.29, 1.82) is 0 Å². The van der Waals surface area contributed by atoms with E-state index in [-0.39, 0.29) is 5.91 Å². The van der Waals surface area contributed by atoms with Gasteiger partial charge in [-0.1, -0.05) is 35.3 Å². The number of thiazole rings is 1. The first-order chi connectivity index (χ1) is 11.4. The minimum Gasteiger partial charge on any atom is -0.298 e. The SMILES string of the molecule is Cc1ccc(-c2csc(NC(=O)c3ccc(Cl)c(Cl)c3)n2)cc1C. The summed E-state index contributed by atoms with van der Waals surface area (Å²) in [6, 6.07) is 11.0. The molecular formula is C18H14Cl2N2OS. The zero-order chi connectivity index (χ0) is 17.3. The lowest BCUT2D eigenvalue weighted by Crippen LogP contribution is -2.11. The number of halogens is 2. The number of rotatable bonds is 3. The van der Waals surface area contributed by atoms with Gasteiger partial charge in [-0.05, 0) is 49.2 Å². The summed E-state index contributed by atoms with van der Waals surface area (Å²) in [5.41, 5.74) is 4.76. The summed E-state index contributed by atoms with van der Waals surface area (Å²) in [6.45, 7) is 4.14. The van der Waals surface area contributed by atoms with E-state index >= 15 is 0 Å². The van der Waals surface area contributed by atoms with Gasteiger partial charge in [0.1, 0.15) is 0 Å². The number of carbonyl (C=O) groups is 1. The van der Waals surface area contributed by atoms with Gasteiger partial charge in [-0.3, -0.25) is 10.1 Å². The van der Waals surface area contributed by atoms with E-state index in [1.807, 2.05) is 11.4 Å². The predicted molar refractivity (Wildman–Crippen MR) is 101 cm³/mol.